The zero-order valence-electron chi connectivity index (χ0n) is 9.09. The summed E-state index contributed by atoms with van der Waals surface area (Å²) in [6, 6.07) is 3.86. The third-order valence-electron chi connectivity index (χ3n) is 2.37. The molecule has 0 N–H and O–H groups in total. The van der Waals surface area contributed by atoms with E-state index in [9.17, 15) is 0 Å². The van der Waals surface area contributed by atoms with Crippen LogP contribution >= 0.6 is 0 Å². The monoisotopic (exact) mass is 189 g/mol. The summed E-state index contributed by atoms with van der Waals surface area (Å²) in [5.74, 6) is 0.978. The normalized spacial score (nSPS) is 12.3. The number of aromatic nitrogens is 1. The van der Waals surface area contributed by atoms with Crippen molar-refractivity contribution in [3.63, 3.8) is 0 Å². The first-order chi connectivity index (χ1) is 6.50. The van der Waals surface area contributed by atoms with E-state index in [4.69, 9.17) is 4.42 Å². The van der Waals surface area contributed by atoms with Crippen molar-refractivity contribution in [2.75, 3.05) is 0 Å². The smallest absolute Gasteiger partial charge is 0.153 e. The van der Waals surface area contributed by atoms with E-state index in [0.29, 0.717) is 0 Å². The summed E-state index contributed by atoms with van der Waals surface area (Å²) in [6.07, 6.45) is 1.81. The van der Waals surface area contributed by atoms with E-state index in [2.05, 4.69) is 25.8 Å². The quantitative estimate of drug-likeness (QED) is 0.634. The van der Waals surface area contributed by atoms with Gasteiger partial charge in [0.15, 0.2) is 5.58 Å². The van der Waals surface area contributed by atoms with Crippen LogP contribution in [-0.4, -0.2) is 4.98 Å². The Labute approximate surface area is 84.0 Å². The Kier molecular flexibility index (Phi) is 1.88. The predicted octanol–water partition coefficient (Wildman–Crippen LogP) is 3.43. The number of hydrogen-bond donors (Lipinski definition) is 0. The van der Waals surface area contributed by atoms with E-state index in [0.717, 1.165) is 16.9 Å². The summed E-state index contributed by atoms with van der Waals surface area (Å²) in [7, 11) is 0. The number of rotatable bonds is 0. The lowest BCUT2D eigenvalue weighted by Crippen LogP contribution is -2.12. The van der Waals surface area contributed by atoms with Gasteiger partial charge in [0, 0.05) is 11.8 Å². The lowest BCUT2D eigenvalue weighted by atomic mass is 9.86. The number of hydrogen-bond acceptors (Lipinski definition) is 2. The summed E-state index contributed by atoms with van der Waals surface area (Å²) in [5, 5.41) is 0. The van der Waals surface area contributed by atoms with Crippen LogP contribution in [0, 0.1) is 6.92 Å². The molecule has 0 radical (unpaired) electrons. The highest BCUT2D eigenvalue weighted by molar-refractivity contribution is 5.78. The molecule has 0 aromatic carbocycles. The van der Waals surface area contributed by atoms with Crippen LogP contribution in [0.3, 0.4) is 0 Å². The molecule has 0 aliphatic heterocycles. The highest BCUT2D eigenvalue weighted by Gasteiger charge is 2.23. The van der Waals surface area contributed by atoms with Gasteiger partial charge in [-0.25, -0.2) is 0 Å². The molecule has 2 aromatic rings. The fraction of sp³-hybridized carbons (Fsp3) is 0.417. The van der Waals surface area contributed by atoms with Gasteiger partial charge in [0.1, 0.15) is 11.3 Å². The van der Waals surface area contributed by atoms with Gasteiger partial charge in [-0.2, -0.15) is 0 Å². The van der Waals surface area contributed by atoms with Gasteiger partial charge in [-0.15, -0.1) is 0 Å². The van der Waals surface area contributed by atoms with E-state index in [1.54, 1.807) is 0 Å². The zero-order valence-corrected chi connectivity index (χ0v) is 9.09. The molecular formula is C12H15NO. The molecule has 0 fully saturated rings. The maximum atomic E-state index is 5.66. The van der Waals surface area contributed by atoms with Gasteiger partial charge in [0.2, 0.25) is 0 Å². The first kappa shape index (κ1) is 9.25. The van der Waals surface area contributed by atoms with Gasteiger partial charge in [-0.1, -0.05) is 20.8 Å². The number of aryl methyl sites for hydroxylation is 1. The molecule has 0 unspecified atom stereocenters. The number of pyridine rings is 1. The number of furan rings is 1. The van der Waals surface area contributed by atoms with Crippen LogP contribution in [0.2, 0.25) is 0 Å². The zero-order chi connectivity index (χ0) is 10.3. The molecule has 2 heterocycles. The molecule has 0 aliphatic rings. The third-order valence-corrected chi connectivity index (χ3v) is 2.37. The summed E-state index contributed by atoms with van der Waals surface area (Å²) >= 11 is 0. The number of nitrogens with zero attached hydrogens (tertiary/aromatic N) is 1. The molecule has 2 aromatic heterocycles. The molecule has 0 bridgehead atoms. The van der Waals surface area contributed by atoms with Gasteiger partial charge in [0.05, 0.1) is 0 Å². The van der Waals surface area contributed by atoms with E-state index in [-0.39, 0.29) is 5.41 Å². The first-order valence-corrected chi connectivity index (χ1v) is 4.85. The lowest BCUT2D eigenvalue weighted by molar-refractivity contribution is 0.530. The minimum absolute atomic E-state index is 0.0870. The molecule has 14 heavy (non-hydrogen) atoms. The summed E-state index contributed by atoms with van der Waals surface area (Å²) < 4.78 is 5.66. The van der Waals surface area contributed by atoms with Gasteiger partial charge < -0.3 is 4.42 Å². The van der Waals surface area contributed by atoms with Crippen molar-refractivity contribution in [2.45, 2.75) is 33.1 Å². The fourth-order valence-electron chi connectivity index (χ4n) is 1.93. The molecule has 0 atom stereocenters. The molecule has 74 valence electrons. The van der Waals surface area contributed by atoms with Crippen molar-refractivity contribution in [2.24, 2.45) is 0 Å². The fourth-order valence-corrected chi connectivity index (χ4v) is 1.93. The average molecular weight is 189 g/mol. The van der Waals surface area contributed by atoms with E-state index < -0.39 is 0 Å². The molecule has 0 amide bonds. The first-order valence-electron chi connectivity index (χ1n) is 4.85. The van der Waals surface area contributed by atoms with Crippen molar-refractivity contribution < 1.29 is 4.42 Å². The third kappa shape index (κ3) is 1.31. The van der Waals surface area contributed by atoms with Gasteiger partial charge in [-0.05, 0) is 24.5 Å². The Bertz CT molecular complexity index is 463. The van der Waals surface area contributed by atoms with Crippen molar-refractivity contribution in [3.05, 3.63) is 29.7 Å². The van der Waals surface area contributed by atoms with Gasteiger partial charge in [0.25, 0.3) is 0 Å². The molecular weight excluding hydrogens is 174 g/mol. The van der Waals surface area contributed by atoms with Crippen molar-refractivity contribution in [1.82, 2.24) is 4.98 Å². The van der Waals surface area contributed by atoms with Crippen LogP contribution in [0.4, 0.5) is 0 Å². The average Bonchev–Trinajstić information content (AvgIpc) is 2.38. The Hall–Kier alpha value is -1.31. The largest absolute Gasteiger partial charge is 0.459 e. The van der Waals surface area contributed by atoms with Crippen molar-refractivity contribution in [3.8, 4) is 0 Å². The molecule has 0 saturated heterocycles. The maximum absolute atomic E-state index is 5.66. The van der Waals surface area contributed by atoms with Gasteiger partial charge in [-0.3, -0.25) is 4.98 Å². The van der Waals surface area contributed by atoms with Crippen molar-refractivity contribution >= 4 is 11.1 Å². The van der Waals surface area contributed by atoms with Crippen LogP contribution in [0.5, 0.6) is 0 Å². The Balaban J connectivity index is 2.81. The van der Waals surface area contributed by atoms with E-state index in [1.807, 2.05) is 25.3 Å². The standard InChI is InChI=1S/C12H15NO/c1-8-10(12(2,3)4)11-9(14-8)6-5-7-13-11/h5-7H,1-4H3. The van der Waals surface area contributed by atoms with E-state index in [1.165, 1.54) is 5.56 Å². The second kappa shape index (κ2) is 2.84. The Morgan fingerprint density at radius 2 is 2.00 bits per heavy atom. The molecule has 0 saturated carbocycles. The van der Waals surface area contributed by atoms with Crippen LogP contribution in [0.25, 0.3) is 11.1 Å². The molecule has 2 heteroatoms. The minimum atomic E-state index is 0.0870. The summed E-state index contributed by atoms with van der Waals surface area (Å²) in [5.41, 5.74) is 3.18. The Morgan fingerprint density at radius 1 is 1.29 bits per heavy atom. The molecule has 2 nitrogen and oxygen atoms in total. The van der Waals surface area contributed by atoms with Crippen LogP contribution in [-0.2, 0) is 5.41 Å². The summed E-state index contributed by atoms with van der Waals surface area (Å²) in [6.45, 7) is 8.54. The van der Waals surface area contributed by atoms with Crippen LogP contribution in [0.15, 0.2) is 22.7 Å². The minimum Gasteiger partial charge on any atom is -0.459 e. The molecule has 0 spiro atoms. The predicted molar refractivity (Wildman–Crippen MR) is 57.4 cm³/mol. The Morgan fingerprint density at radius 3 is 2.64 bits per heavy atom. The molecule has 0 aliphatic carbocycles. The summed E-state index contributed by atoms with van der Waals surface area (Å²) in [4.78, 5) is 4.37. The highest BCUT2D eigenvalue weighted by atomic mass is 16.3. The van der Waals surface area contributed by atoms with Crippen LogP contribution in [0.1, 0.15) is 32.1 Å². The van der Waals surface area contributed by atoms with E-state index >= 15 is 0 Å². The maximum Gasteiger partial charge on any atom is 0.153 e. The SMILES string of the molecule is Cc1oc2cccnc2c1C(C)(C)C. The van der Waals surface area contributed by atoms with Gasteiger partial charge >= 0.3 is 0 Å². The molecule has 2 rings (SSSR count). The lowest BCUT2D eigenvalue weighted by Gasteiger charge is -2.17. The number of fused-ring (bicyclic) bond motifs is 1. The highest BCUT2D eigenvalue weighted by Crippen LogP contribution is 2.33. The van der Waals surface area contributed by atoms with Crippen molar-refractivity contribution in [1.29, 1.82) is 0 Å². The van der Waals surface area contributed by atoms with Crippen LogP contribution < -0.4 is 0 Å². The second-order valence-electron chi connectivity index (χ2n) is 4.63. The second-order valence-corrected chi connectivity index (χ2v) is 4.63. The topological polar surface area (TPSA) is 26.0 Å².